The van der Waals surface area contributed by atoms with Gasteiger partial charge in [0.15, 0.2) is 0 Å². The summed E-state index contributed by atoms with van der Waals surface area (Å²) < 4.78 is 0. The van der Waals surface area contributed by atoms with Crippen LogP contribution in [0.4, 0.5) is 5.95 Å². The summed E-state index contributed by atoms with van der Waals surface area (Å²) in [5, 5.41) is 9.64. The smallest absolute Gasteiger partial charge is 0.269 e. The molecule has 1 aliphatic rings. The van der Waals surface area contributed by atoms with Crippen molar-refractivity contribution in [3.63, 3.8) is 0 Å². The fourth-order valence-electron chi connectivity index (χ4n) is 1.16. The van der Waals surface area contributed by atoms with Crippen molar-refractivity contribution in [3.05, 3.63) is 11.4 Å². The lowest BCUT2D eigenvalue weighted by Crippen LogP contribution is -2.20. The summed E-state index contributed by atoms with van der Waals surface area (Å²) in [6.45, 7) is 5.41. The van der Waals surface area contributed by atoms with Crippen molar-refractivity contribution < 1.29 is 4.84 Å². The molecule has 1 aromatic rings. The van der Waals surface area contributed by atoms with Gasteiger partial charge in [0.1, 0.15) is 0 Å². The fraction of sp³-hybridized carbons (Fsp3) is 0.625. The van der Waals surface area contributed by atoms with Crippen LogP contribution in [0.5, 0.6) is 0 Å². The molecule has 5 nitrogen and oxygen atoms in total. The van der Waals surface area contributed by atoms with E-state index in [-0.39, 0.29) is 0 Å². The molecule has 5 heteroatoms. The van der Waals surface area contributed by atoms with E-state index in [2.05, 4.69) is 15.2 Å². The maximum absolute atomic E-state index is 5.30. The van der Waals surface area contributed by atoms with Gasteiger partial charge >= 0.3 is 0 Å². The van der Waals surface area contributed by atoms with Crippen LogP contribution in [-0.2, 0) is 4.84 Å². The Balaban J connectivity index is 2.25. The average Bonchev–Trinajstić information content (AvgIpc) is 2.62. The van der Waals surface area contributed by atoms with Gasteiger partial charge in [0.25, 0.3) is 5.95 Å². The highest BCUT2D eigenvalue weighted by atomic mass is 16.7. The van der Waals surface area contributed by atoms with Crippen LogP contribution in [0.2, 0.25) is 0 Å². The van der Waals surface area contributed by atoms with E-state index in [0.29, 0.717) is 5.95 Å². The van der Waals surface area contributed by atoms with E-state index in [1.165, 1.54) is 0 Å². The molecular weight excluding hydrogens is 168 g/mol. The summed E-state index contributed by atoms with van der Waals surface area (Å²) in [5.74, 6) is 0.570. The molecule has 1 fully saturated rings. The van der Waals surface area contributed by atoms with Gasteiger partial charge in [-0.15, -0.1) is 5.10 Å². The summed E-state index contributed by atoms with van der Waals surface area (Å²) in [7, 11) is 0. The van der Waals surface area contributed by atoms with E-state index >= 15 is 0 Å². The van der Waals surface area contributed by atoms with E-state index in [1.807, 2.05) is 13.8 Å². The van der Waals surface area contributed by atoms with Gasteiger partial charge < -0.3 is 0 Å². The fourth-order valence-corrected chi connectivity index (χ4v) is 1.16. The quantitative estimate of drug-likeness (QED) is 0.634. The number of nitrogens with zero attached hydrogens (tertiary/aromatic N) is 4. The monoisotopic (exact) mass is 180 g/mol. The highest BCUT2D eigenvalue weighted by Crippen LogP contribution is 2.13. The number of aromatic nitrogens is 3. The molecule has 0 spiro atoms. The standard InChI is InChI=1S/C8H12N4O/c1-6-7(2)10-11-8(9-6)12-4-3-5-13-12/h3-5H2,1-2H3. The molecule has 13 heavy (non-hydrogen) atoms. The van der Waals surface area contributed by atoms with Crippen molar-refractivity contribution >= 4 is 5.95 Å². The molecule has 0 aromatic carbocycles. The molecule has 1 saturated heterocycles. The summed E-state index contributed by atoms with van der Waals surface area (Å²) in [6, 6.07) is 0. The first-order chi connectivity index (χ1) is 6.27. The first kappa shape index (κ1) is 8.37. The average molecular weight is 180 g/mol. The lowest BCUT2D eigenvalue weighted by molar-refractivity contribution is 0.163. The lowest BCUT2D eigenvalue weighted by Gasteiger charge is -2.12. The molecule has 0 bridgehead atoms. The van der Waals surface area contributed by atoms with Crippen LogP contribution in [0.15, 0.2) is 0 Å². The maximum atomic E-state index is 5.30. The second-order valence-electron chi connectivity index (χ2n) is 3.07. The zero-order valence-corrected chi connectivity index (χ0v) is 7.82. The van der Waals surface area contributed by atoms with Crippen molar-refractivity contribution in [1.29, 1.82) is 0 Å². The third-order valence-corrected chi connectivity index (χ3v) is 2.06. The van der Waals surface area contributed by atoms with Gasteiger partial charge in [0.2, 0.25) is 0 Å². The number of hydrogen-bond donors (Lipinski definition) is 0. The highest BCUT2D eigenvalue weighted by Gasteiger charge is 2.16. The van der Waals surface area contributed by atoms with Gasteiger partial charge in [-0.2, -0.15) is 5.10 Å². The predicted octanol–water partition coefficient (Wildman–Crippen LogP) is 0.630. The number of hydrogen-bond acceptors (Lipinski definition) is 5. The first-order valence-corrected chi connectivity index (χ1v) is 4.36. The van der Waals surface area contributed by atoms with E-state index < -0.39 is 0 Å². The molecule has 0 aliphatic carbocycles. The second-order valence-corrected chi connectivity index (χ2v) is 3.07. The van der Waals surface area contributed by atoms with Crippen molar-refractivity contribution in [2.45, 2.75) is 20.3 Å². The van der Waals surface area contributed by atoms with Gasteiger partial charge in [0.05, 0.1) is 24.5 Å². The van der Waals surface area contributed by atoms with E-state index in [9.17, 15) is 0 Å². The number of rotatable bonds is 1. The molecule has 0 amide bonds. The maximum Gasteiger partial charge on any atom is 0.269 e. The Bertz CT molecular complexity index is 309. The molecule has 1 aromatic heterocycles. The molecule has 70 valence electrons. The molecule has 2 heterocycles. The Morgan fingerprint density at radius 3 is 2.69 bits per heavy atom. The Kier molecular flexibility index (Phi) is 2.10. The summed E-state index contributed by atoms with van der Waals surface area (Å²) in [6.07, 6.45) is 1.02. The summed E-state index contributed by atoms with van der Waals surface area (Å²) in [5.41, 5.74) is 1.77. The van der Waals surface area contributed by atoms with Crippen molar-refractivity contribution in [2.24, 2.45) is 0 Å². The second kappa shape index (κ2) is 3.26. The van der Waals surface area contributed by atoms with Crippen LogP contribution in [0.25, 0.3) is 0 Å². The topological polar surface area (TPSA) is 51.1 Å². The molecule has 1 aliphatic heterocycles. The Morgan fingerprint density at radius 1 is 1.23 bits per heavy atom. The molecule has 0 atom stereocenters. The van der Waals surface area contributed by atoms with E-state index in [4.69, 9.17) is 4.84 Å². The first-order valence-electron chi connectivity index (χ1n) is 4.36. The third kappa shape index (κ3) is 1.60. The molecule has 0 unspecified atom stereocenters. The minimum atomic E-state index is 0.570. The van der Waals surface area contributed by atoms with Crippen molar-refractivity contribution in [3.8, 4) is 0 Å². The molecule has 0 saturated carbocycles. The van der Waals surface area contributed by atoms with Gasteiger partial charge in [-0.1, -0.05) is 0 Å². The van der Waals surface area contributed by atoms with Crippen LogP contribution in [0.3, 0.4) is 0 Å². The highest BCUT2D eigenvalue weighted by molar-refractivity contribution is 5.26. The van der Waals surface area contributed by atoms with Crippen molar-refractivity contribution in [2.75, 3.05) is 18.2 Å². The molecule has 0 N–H and O–H groups in total. The van der Waals surface area contributed by atoms with Gasteiger partial charge in [-0.05, 0) is 20.3 Å². The minimum absolute atomic E-state index is 0.570. The molecule has 2 rings (SSSR count). The molecule has 0 radical (unpaired) electrons. The lowest BCUT2D eigenvalue weighted by atomic mass is 10.4. The van der Waals surface area contributed by atoms with E-state index in [0.717, 1.165) is 31.0 Å². The van der Waals surface area contributed by atoms with Crippen LogP contribution in [0.1, 0.15) is 17.8 Å². The van der Waals surface area contributed by atoms with Gasteiger partial charge in [-0.25, -0.2) is 10.0 Å². The largest absolute Gasteiger partial charge is 0.271 e. The number of hydroxylamine groups is 1. The predicted molar refractivity (Wildman–Crippen MR) is 47.2 cm³/mol. The van der Waals surface area contributed by atoms with Gasteiger partial charge in [-0.3, -0.25) is 4.84 Å². The number of aryl methyl sites for hydroxylation is 2. The summed E-state index contributed by atoms with van der Waals surface area (Å²) >= 11 is 0. The van der Waals surface area contributed by atoms with E-state index in [1.54, 1.807) is 5.06 Å². The van der Waals surface area contributed by atoms with Crippen LogP contribution < -0.4 is 5.06 Å². The van der Waals surface area contributed by atoms with Gasteiger partial charge in [0, 0.05) is 0 Å². The zero-order valence-electron chi connectivity index (χ0n) is 7.82. The van der Waals surface area contributed by atoms with Crippen molar-refractivity contribution in [1.82, 2.24) is 15.2 Å². The number of anilines is 1. The SMILES string of the molecule is Cc1nnc(N2CCCO2)nc1C. The zero-order chi connectivity index (χ0) is 9.26. The third-order valence-electron chi connectivity index (χ3n) is 2.06. The van der Waals surface area contributed by atoms with Crippen LogP contribution >= 0.6 is 0 Å². The normalized spacial score (nSPS) is 16.6. The summed E-state index contributed by atoms with van der Waals surface area (Å²) in [4.78, 5) is 9.58. The Hall–Kier alpha value is -1.23. The Morgan fingerprint density at radius 2 is 2.08 bits per heavy atom. The Labute approximate surface area is 76.7 Å². The van der Waals surface area contributed by atoms with Crippen LogP contribution in [0, 0.1) is 13.8 Å². The minimum Gasteiger partial charge on any atom is -0.271 e. The van der Waals surface area contributed by atoms with Crippen LogP contribution in [-0.4, -0.2) is 28.3 Å². The molecular formula is C8H12N4O.